The Morgan fingerprint density at radius 3 is 2.75 bits per heavy atom. The predicted octanol–water partition coefficient (Wildman–Crippen LogP) is 2.54. The molecule has 1 saturated heterocycles. The van der Waals surface area contributed by atoms with Gasteiger partial charge in [0.2, 0.25) is 5.91 Å². The fourth-order valence-corrected chi connectivity index (χ4v) is 5.54. The van der Waals surface area contributed by atoms with Crippen LogP contribution in [0.25, 0.3) is 5.65 Å². The molecule has 2 aliphatic heterocycles. The number of aromatic nitrogens is 3. The van der Waals surface area contributed by atoms with Crippen LogP contribution in [0.5, 0.6) is 11.5 Å². The fourth-order valence-electron chi connectivity index (χ4n) is 5.54. The maximum Gasteiger partial charge on any atom is 0.407 e. The molecule has 0 saturated carbocycles. The van der Waals surface area contributed by atoms with Crippen molar-refractivity contribution < 1.29 is 28.6 Å². The molecule has 2 aromatic heterocycles. The van der Waals surface area contributed by atoms with E-state index in [1.807, 2.05) is 50.2 Å². The van der Waals surface area contributed by atoms with Crippen molar-refractivity contribution in [1.82, 2.24) is 24.8 Å². The van der Waals surface area contributed by atoms with Crippen molar-refractivity contribution >= 4 is 29.2 Å². The fraction of sp³-hybridized carbons (Fsp3) is 0.323. The number of anilines is 1. The number of ether oxygens (including phenoxy) is 3. The number of primary amides is 1. The Balaban J connectivity index is 1.25. The van der Waals surface area contributed by atoms with Crippen molar-refractivity contribution in [3.63, 3.8) is 0 Å². The molecule has 1 fully saturated rings. The summed E-state index contributed by atoms with van der Waals surface area (Å²) in [6.45, 7) is 4.65. The van der Waals surface area contributed by atoms with Gasteiger partial charge in [-0.1, -0.05) is 30.3 Å². The van der Waals surface area contributed by atoms with E-state index in [2.05, 4.69) is 20.7 Å². The minimum absolute atomic E-state index is 0.0100. The Kier molecular flexibility index (Phi) is 7.78. The molecular weight excluding hydrogens is 566 g/mol. The second-order valence-electron chi connectivity index (χ2n) is 11.5. The molecule has 4 N–H and O–H groups in total. The summed E-state index contributed by atoms with van der Waals surface area (Å²) in [7, 11) is 0. The number of hydrogen-bond acceptors (Lipinski definition) is 9. The Morgan fingerprint density at radius 1 is 1.14 bits per heavy atom. The van der Waals surface area contributed by atoms with Crippen molar-refractivity contribution in [2.45, 2.75) is 44.6 Å². The van der Waals surface area contributed by atoms with Crippen molar-refractivity contribution in [2.24, 2.45) is 5.73 Å². The number of fused-ring (bicyclic) bond motifs is 2. The Bertz CT molecular complexity index is 1710. The number of rotatable bonds is 9. The average molecular weight is 600 g/mol. The molecule has 4 aromatic rings. The molecule has 3 amide bonds. The van der Waals surface area contributed by atoms with Crippen LogP contribution >= 0.6 is 0 Å². The van der Waals surface area contributed by atoms with Crippen LogP contribution in [-0.2, 0) is 22.6 Å². The van der Waals surface area contributed by atoms with E-state index in [4.69, 9.17) is 19.9 Å². The van der Waals surface area contributed by atoms with Gasteiger partial charge in [0.05, 0.1) is 24.5 Å². The molecule has 0 spiro atoms. The summed E-state index contributed by atoms with van der Waals surface area (Å²) in [6, 6.07) is 14.1. The largest absolute Gasteiger partial charge is 0.487 e. The number of nitrogens with zero attached hydrogens (tertiary/aromatic N) is 4. The van der Waals surface area contributed by atoms with Gasteiger partial charge in [0, 0.05) is 43.5 Å². The smallest absolute Gasteiger partial charge is 0.407 e. The van der Waals surface area contributed by atoms with Crippen LogP contribution < -0.4 is 25.8 Å². The van der Waals surface area contributed by atoms with Gasteiger partial charge in [-0.15, -0.1) is 0 Å². The normalized spacial score (nSPS) is 18.8. The highest BCUT2D eigenvalue weighted by atomic mass is 16.5. The molecule has 6 rings (SSSR count). The van der Waals surface area contributed by atoms with Gasteiger partial charge >= 0.3 is 6.09 Å². The molecule has 0 aliphatic carbocycles. The van der Waals surface area contributed by atoms with E-state index in [1.54, 1.807) is 29.4 Å². The molecule has 44 heavy (non-hydrogen) atoms. The minimum atomic E-state index is -0.624. The van der Waals surface area contributed by atoms with Gasteiger partial charge in [0.1, 0.15) is 35.4 Å². The number of carbonyl (C=O) groups is 3. The highest BCUT2D eigenvalue weighted by Crippen LogP contribution is 2.42. The van der Waals surface area contributed by atoms with E-state index in [1.165, 1.54) is 10.7 Å². The topological polar surface area (TPSA) is 162 Å². The van der Waals surface area contributed by atoms with E-state index in [0.717, 1.165) is 11.1 Å². The minimum Gasteiger partial charge on any atom is -0.487 e. The number of benzene rings is 2. The second kappa shape index (κ2) is 11.8. The van der Waals surface area contributed by atoms with Crippen LogP contribution in [0.1, 0.15) is 35.3 Å². The summed E-state index contributed by atoms with van der Waals surface area (Å²) in [5.74, 6) is 0.0656. The first-order valence-electron chi connectivity index (χ1n) is 14.2. The summed E-state index contributed by atoms with van der Waals surface area (Å²) in [4.78, 5) is 44.0. The number of nitrogens with one attached hydrogen (secondary N) is 2. The lowest BCUT2D eigenvalue weighted by atomic mass is 10.0. The third kappa shape index (κ3) is 6.42. The molecule has 2 aliphatic rings. The Morgan fingerprint density at radius 2 is 1.95 bits per heavy atom. The molecule has 13 nitrogen and oxygen atoms in total. The maximum absolute atomic E-state index is 13.5. The number of alkyl carbamates (subject to hydrolysis) is 1. The van der Waals surface area contributed by atoms with Gasteiger partial charge in [-0.3, -0.25) is 14.5 Å². The first-order valence-corrected chi connectivity index (χ1v) is 14.2. The third-order valence-electron chi connectivity index (χ3n) is 7.45. The molecular formula is C31H33N7O6. The zero-order chi connectivity index (χ0) is 30.8. The monoisotopic (exact) mass is 599 g/mol. The van der Waals surface area contributed by atoms with Crippen LogP contribution in [0, 0.1) is 0 Å². The van der Waals surface area contributed by atoms with Crippen molar-refractivity contribution in [2.75, 3.05) is 25.0 Å². The van der Waals surface area contributed by atoms with Gasteiger partial charge in [0.25, 0.3) is 5.91 Å². The van der Waals surface area contributed by atoms with E-state index in [0.29, 0.717) is 47.9 Å². The second-order valence-corrected chi connectivity index (χ2v) is 11.5. The molecule has 2 unspecified atom stereocenters. The Hall–Kier alpha value is -5.17. The van der Waals surface area contributed by atoms with Crippen molar-refractivity contribution in [3.8, 4) is 11.5 Å². The van der Waals surface area contributed by atoms with Crippen molar-refractivity contribution in [3.05, 3.63) is 83.8 Å². The lowest BCUT2D eigenvalue weighted by Gasteiger charge is -2.23. The summed E-state index contributed by atoms with van der Waals surface area (Å²) in [5, 5.41) is 10.0. The van der Waals surface area contributed by atoms with E-state index < -0.39 is 35.7 Å². The average Bonchev–Trinajstić information content (AvgIpc) is 3.66. The van der Waals surface area contributed by atoms with Gasteiger partial charge in [-0.2, -0.15) is 5.10 Å². The van der Waals surface area contributed by atoms with Crippen molar-refractivity contribution in [1.29, 1.82) is 0 Å². The zero-order valence-corrected chi connectivity index (χ0v) is 24.4. The molecule has 4 heterocycles. The van der Waals surface area contributed by atoms with E-state index >= 15 is 0 Å². The number of nitrogens with two attached hydrogens (primary N) is 1. The molecule has 228 valence electrons. The van der Waals surface area contributed by atoms with Gasteiger partial charge in [-0.25, -0.2) is 14.3 Å². The quantitative estimate of drug-likeness (QED) is 0.262. The number of amides is 3. The first-order chi connectivity index (χ1) is 21.1. The van der Waals surface area contributed by atoms with E-state index in [9.17, 15) is 14.4 Å². The lowest BCUT2D eigenvalue weighted by molar-refractivity contribution is -0.118. The summed E-state index contributed by atoms with van der Waals surface area (Å²) in [5.41, 5.74) is 7.92. The van der Waals surface area contributed by atoms with Crippen LogP contribution in [0.2, 0.25) is 0 Å². The third-order valence-corrected chi connectivity index (χ3v) is 7.45. The standard InChI is InChI=1S/C31H33N7O6/c1-31(2)13-20-11-22(35-29(40)21-14-34-38-10-6-9-33-28(21)38)25(12-24(20)44-31)43-26-16-37(17-27(32)39)15-23(26)36-30(41)42-18-19-7-4-3-5-8-19/h3-12,14,23,26H,13,15-18H2,1-2H3,(H2,32,39)(H,35,40)(H,36,41). The van der Waals surface area contributed by atoms with Gasteiger partial charge < -0.3 is 30.6 Å². The summed E-state index contributed by atoms with van der Waals surface area (Å²) < 4.78 is 19.6. The van der Waals surface area contributed by atoms with Crippen LogP contribution in [0.3, 0.4) is 0 Å². The zero-order valence-electron chi connectivity index (χ0n) is 24.4. The molecule has 2 atom stereocenters. The first kappa shape index (κ1) is 28.9. The summed E-state index contributed by atoms with van der Waals surface area (Å²) in [6.07, 6.45) is 4.15. The SMILES string of the molecule is CC1(C)Cc2cc(NC(=O)c3cnn4cccnc34)c(OC3CN(CC(N)=O)CC3NC(=O)OCc3ccccc3)cc2O1. The Labute approximate surface area is 253 Å². The molecule has 13 heteroatoms. The molecule has 0 radical (unpaired) electrons. The van der Waals surface area contributed by atoms with Gasteiger partial charge in [0.15, 0.2) is 5.65 Å². The lowest BCUT2D eigenvalue weighted by Crippen LogP contribution is -2.45. The van der Waals surface area contributed by atoms with Gasteiger partial charge in [-0.05, 0) is 31.5 Å². The van der Waals surface area contributed by atoms with Crippen LogP contribution in [-0.4, -0.2) is 74.8 Å². The van der Waals surface area contributed by atoms with Crippen LogP contribution in [0.4, 0.5) is 10.5 Å². The van der Waals surface area contributed by atoms with Crippen LogP contribution in [0.15, 0.2) is 67.1 Å². The predicted molar refractivity (Wildman–Crippen MR) is 159 cm³/mol. The maximum atomic E-state index is 13.5. The number of carbonyl (C=O) groups excluding carboxylic acids is 3. The molecule has 2 aromatic carbocycles. The number of likely N-dealkylation sites (tertiary alicyclic amines) is 1. The highest BCUT2D eigenvalue weighted by Gasteiger charge is 2.38. The highest BCUT2D eigenvalue weighted by molar-refractivity contribution is 6.08. The number of hydrogen-bond donors (Lipinski definition) is 3. The van der Waals surface area contributed by atoms with E-state index in [-0.39, 0.29) is 13.2 Å². The summed E-state index contributed by atoms with van der Waals surface area (Å²) >= 11 is 0. The molecule has 0 bridgehead atoms.